The van der Waals surface area contributed by atoms with E-state index in [0.29, 0.717) is 22.8 Å². The smallest absolute Gasteiger partial charge is 0.197 e. The minimum absolute atomic E-state index is 0.141. The third-order valence-corrected chi connectivity index (χ3v) is 4.25. The van der Waals surface area contributed by atoms with Crippen LogP contribution in [0.1, 0.15) is 0 Å². The molecule has 1 aromatic heterocycles. The fraction of sp³-hybridized carbons (Fsp3) is 0.0455. The molecule has 0 saturated carbocycles. The van der Waals surface area contributed by atoms with E-state index < -0.39 is 0 Å². The number of benzene rings is 3. The predicted octanol–water partition coefficient (Wildman–Crippen LogP) is 4.92. The minimum atomic E-state index is -0.295. The summed E-state index contributed by atoms with van der Waals surface area (Å²) in [7, 11) is 1.59. The van der Waals surface area contributed by atoms with Crippen LogP contribution in [-0.2, 0) is 0 Å². The number of nitrogens with one attached hydrogen (secondary N) is 1. The van der Waals surface area contributed by atoms with Crippen molar-refractivity contribution in [2.75, 3.05) is 12.4 Å². The Hall–Kier alpha value is -3.73. The van der Waals surface area contributed by atoms with Crippen LogP contribution in [0, 0.1) is 0 Å². The monoisotopic (exact) mass is 359 g/mol. The number of hydrogen-bond acceptors (Lipinski definition) is 5. The van der Waals surface area contributed by atoms with Crippen molar-refractivity contribution in [1.82, 2.24) is 0 Å². The number of phenols is 1. The first-order valence-corrected chi connectivity index (χ1v) is 8.42. The molecule has 0 aliphatic carbocycles. The lowest BCUT2D eigenvalue weighted by molar-refractivity contribution is 0.417. The van der Waals surface area contributed by atoms with Crippen molar-refractivity contribution >= 4 is 22.3 Å². The molecule has 0 fully saturated rings. The van der Waals surface area contributed by atoms with Crippen LogP contribution >= 0.6 is 0 Å². The SMILES string of the molecule is COc1ccccc1Nc1cc(O)c2c(=O)cc(-c3ccccc3)oc2c1. The van der Waals surface area contributed by atoms with E-state index in [1.54, 1.807) is 13.2 Å². The summed E-state index contributed by atoms with van der Waals surface area (Å²) in [5.74, 6) is 0.969. The molecule has 1 heterocycles. The summed E-state index contributed by atoms with van der Waals surface area (Å²) in [6, 6.07) is 21.4. The fourth-order valence-corrected chi connectivity index (χ4v) is 2.99. The van der Waals surface area contributed by atoms with Gasteiger partial charge >= 0.3 is 0 Å². The van der Waals surface area contributed by atoms with Crippen LogP contribution in [0.25, 0.3) is 22.3 Å². The molecule has 0 spiro atoms. The predicted molar refractivity (Wildman–Crippen MR) is 106 cm³/mol. The standard InChI is InChI=1S/C22H17NO4/c1-26-19-10-6-5-9-16(19)23-15-11-17(24)22-18(25)13-20(27-21(22)12-15)14-7-3-2-4-8-14/h2-13,23-24H,1H3. The minimum Gasteiger partial charge on any atom is -0.507 e. The molecule has 2 N–H and O–H groups in total. The highest BCUT2D eigenvalue weighted by atomic mass is 16.5. The Bertz CT molecular complexity index is 1170. The summed E-state index contributed by atoms with van der Waals surface area (Å²) in [6.45, 7) is 0. The van der Waals surface area contributed by atoms with Crippen molar-refractivity contribution in [3.8, 4) is 22.8 Å². The van der Waals surface area contributed by atoms with E-state index >= 15 is 0 Å². The summed E-state index contributed by atoms with van der Waals surface area (Å²) in [4.78, 5) is 12.5. The molecule has 0 aliphatic heterocycles. The molecule has 0 saturated heterocycles. The second-order valence-electron chi connectivity index (χ2n) is 6.03. The van der Waals surface area contributed by atoms with Crippen molar-refractivity contribution in [3.63, 3.8) is 0 Å². The lowest BCUT2D eigenvalue weighted by atomic mass is 10.1. The van der Waals surface area contributed by atoms with Gasteiger partial charge in [0.2, 0.25) is 0 Å². The summed E-state index contributed by atoms with van der Waals surface area (Å²) < 4.78 is 11.2. The molecular weight excluding hydrogens is 342 g/mol. The first-order valence-electron chi connectivity index (χ1n) is 8.42. The van der Waals surface area contributed by atoms with E-state index in [9.17, 15) is 9.90 Å². The molecule has 4 aromatic rings. The molecule has 4 rings (SSSR count). The third kappa shape index (κ3) is 3.22. The van der Waals surface area contributed by atoms with Crippen LogP contribution in [-0.4, -0.2) is 12.2 Å². The van der Waals surface area contributed by atoms with Gasteiger partial charge in [0.25, 0.3) is 0 Å². The highest BCUT2D eigenvalue weighted by Gasteiger charge is 2.13. The Balaban J connectivity index is 1.83. The van der Waals surface area contributed by atoms with Gasteiger partial charge in [-0.15, -0.1) is 0 Å². The topological polar surface area (TPSA) is 71.7 Å². The first kappa shape index (κ1) is 16.7. The number of hydrogen-bond donors (Lipinski definition) is 2. The van der Waals surface area contributed by atoms with Crippen LogP contribution in [0.2, 0.25) is 0 Å². The van der Waals surface area contributed by atoms with E-state index in [0.717, 1.165) is 11.3 Å². The summed E-state index contributed by atoms with van der Waals surface area (Å²) in [5, 5.41) is 13.7. The second kappa shape index (κ2) is 6.88. The van der Waals surface area contributed by atoms with Crippen molar-refractivity contribution in [1.29, 1.82) is 0 Å². The molecule has 0 unspecified atom stereocenters. The van der Waals surface area contributed by atoms with E-state index in [1.165, 1.54) is 12.1 Å². The number of fused-ring (bicyclic) bond motifs is 1. The molecule has 134 valence electrons. The van der Waals surface area contributed by atoms with Gasteiger partial charge in [0.05, 0.1) is 12.8 Å². The van der Waals surface area contributed by atoms with Gasteiger partial charge in [-0.2, -0.15) is 0 Å². The van der Waals surface area contributed by atoms with Crippen LogP contribution in [0.5, 0.6) is 11.5 Å². The molecule has 5 nitrogen and oxygen atoms in total. The van der Waals surface area contributed by atoms with Gasteiger partial charge in [-0.25, -0.2) is 0 Å². The third-order valence-electron chi connectivity index (χ3n) is 4.25. The fourth-order valence-electron chi connectivity index (χ4n) is 2.99. The quantitative estimate of drug-likeness (QED) is 0.541. The van der Waals surface area contributed by atoms with Gasteiger partial charge in [0.15, 0.2) is 5.43 Å². The number of rotatable bonds is 4. The lowest BCUT2D eigenvalue weighted by Crippen LogP contribution is -2.02. The maximum absolute atomic E-state index is 12.5. The maximum atomic E-state index is 12.5. The van der Waals surface area contributed by atoms with E-state index in [4.69, 9.17) is 9.15 Å². The van der Waals surface area contributed by atoms with Crippen molar-refractivity contribution in [3.05, 3.63) is 83.0 Å². The van der Waals surface area contributed by atoms with E-state index in [-0.39, 0.29) is 16.6 Å². The Labute approximate surface area is 155 Å². The number of ether oxygens (including phenoxy) is 1. The number of methoxy groups -OCH3 is 1. The van der Waals surface area contributed by atoms with Crippen LogP contribution in [0.15, 0.2) is 82.0 Å². The Morgan fingerprint density at radius 1 is 0.963 bits per heavy atom. The molecule has 3 aromatic carbocycles. The summed E-state index contributed by atoms with van der Waals surface area (Å²) in [6.07, 6.45) is 0. The zero-order valence-electron chi connectivity index (χ0n) is 14.6. The molecule has 0 aliphatic rings. The van der Waals surface area contributed by atoms with Gasteiger partial charge in [-0.05, 0) is 12.1 Å². The van der Waals surface area contributed by atoms with Gasteiger partial charge in [-0.1, -0.05) is 42.5 Å². The van der Waals surface area contributed by atoms with Crippen LogP contribution in [0.3, 0.4) is 0 Å². The number of para-hydroxylation sites is 2. The van der Waals surface area contributed by atoms with Crippen LogP contribution < -0.4 is 15.5 Å². The second-order valence-corrected chi connectivity index (χ2v) is 6.03. The highest BCUT2D eigenvalue weighted by molar-refractivity contribution is 5.89. The zero-order valence-corrected chi connectivity index (χ0v) is 14.6. The van der Waals surface area contributed by atoms with Gasteiger partial charge in [0.1, 0.15) is 28.2 Å². The van der Waals surface area contributed by atoms with E-state index in [2.05, 4.69) is 5.32 Å². The normalized spacial score (nSPS) is 10.7. The lowest BCUT2D eigenvalue weighted by Gasteiger charge is -2.12. The molecule has 0 radical (unpaired) electrons. The average Bonchev–Trinajstić information content (AvgIpc) is 2.68. The van der Waals surface area contributed by atoms with Crippen molar-refractivity contribution in [2.45, 2.75) is 0 Å². The zero-order chi connectivity index (χ0) is 18.8. The largest absolute Gasteiger partial charge is 0.507 e. The van der Waals surface area contributed by atoms with Gasteiger partial charge < -0.3 is 19.6 Å². The average molecular weight is 359 g/mol. The molecule has 0 bridgehead atoms. The van der Waals surface area contributed by atoms with Crippen molar-refractivity contribution in [2.24, 2.45) is 0 Å². The van der Waals surface area contributed by atoms with Crippen LogP contribution in [0.4, 0.5) is 11.4 Å². The first-order chi connectivity index (χ1) is 13.2. The Kier molecular flexibility index (Phi) is 4.26. The number of anilines is 2. The molecule has 0 atom stereocenters. The molecule has 0 amide bonds. The molecule has 5 heteroatoms. The van der Waals surface area contributed by atoms with Gasteiger partial charge in [-0.3, -0.25) is 4.79 Å². The van der Waals surface area contributed by atoms with E-state index in [1.807, 2.05) is 54.6 Å². The number of phenolic OH excluding ortho intramolecular Hbond substituents is 1. The Morgan fingerprint density at radius 3 is 2.48 bits per heavy atom. The summed E-state index contributed by atoms with van der Waals surface area (Å²) in [5.41, 5.74) is 2.12. The highest BCUT2D eigenvalue weighted by Crippen LogP contribution is 2.33. The van der Waals surface area contributed by atoms with Gasteiger partial charge in [0, 0.05) is 29.4 Å². The Morgan fingerprint density at radius 2 is 1.70 bits per heavy atom. The van der Waals surface area contributed by atoms with Crippen molar-refractivity contribution < 1.29 is 14.3 Å². The molecular formula is C22H17NO4. The molecule has 27 heavy (non-hydrogen) atoms. The summed E-state index contributed by atoms with van der Waals surface area (Å²) >= 11 is 0. The number of aromatic hydroxyl groups is 1. The maximum Gasteiger partial charge on any atom is 0.197 e.